The summed E-state index contributed by atoms with van der Waals surface area (Å²) in [5, 5.41) is 5.85. The number of nitrogen functional groups attached to an aromatic ring is 1. The standard InChI is InChI=1S/C25H42N7O6P/c1-16(2)37-24(33)17(3)11-30-39(35,31-19(5)25(34)38-20-9-7-6-8-10-20)15-36-18(4)12-32-14-29-21-22(26)27-13-28-23(21)32/h13-14,16-20H,6-12,15H2,1-5H3,(H2,26,27,28)(H2,30,31,35)/t17-,18+,19-,39+/m0/s1. The van der Waals surface area contributed by atoms with Crippen molar-refractivity contribution in [1.82, 2.24) is 29.7 Å². The molecule has 4 atom stereocenters. The third kappa shape index (κ3) is 9.23. The summed E-state index contributed by atoms with van der Waals surface area (Å²) in [6.07, 6.45) is 6.82. The molecule has 0 aromatic carbocycles. The van der Waals surface area contributed by atoms with Crippen molar-refractivity contribution in [3.05, 3.63) is 12.7 Å². The second kappa shape index (κ2) is 14.2. The van der Waals surface area contributed by atoms with Gasteiger partial charge >= 0.3 is 11.9 Å². The lowest BCUT2D eigenvalue weighted by molar-refractivity contribution is -0.152. The minimum absolute atomic E-state index is 0.0698. The zero-order chi connectivity index (χ0) is 28.6. The molecule has 0 saturated heterocycles. The van der Waals surface area contributed by atoms with Crippen LogP contribution in [0, 0.1) is 5.92 Å². The van der Waals surface area contributed by atoms with Crippen molar-refractivity contribution in [2.24, 2.45) is 5.92 Å². The van der Waals surface area contributed by atoms with Crippen molar-refractivity contribution in [2.75, 3.05) is 18.6 Å². The van der Waals surface area contributed by atoms with Crippen LogP contribution in [0.5, 0.6) is 0 Å². The third-order valence-corrected chi connectivity index (χ3v) is 8.43. The molecule has 39 heavy (non-hydrogen) atoms. The lowest BCUT2D eigenvalue weighted by atomic mass is 9.98. The fraction of sp³-hybridized carbons (Fsp3) is 0.720. The van der Waals surface area contributed by atoms with E-state index in [1.807, 2.05) is 6.92 Å². The maximum atomic E-state index is 14.0. The predicted octanol–water partition coefficient (Wildman–Crippen LogP) is 3.00. The number of anilines is 1. The summed E-state index contributed by atoms with van der Waals surface area (Å²) in [5.74, 6) is -1.15. The quantitative estimate of drug-likeness (QED) is 0.225. The average molecular weight is 568 g/mol. The predicted molar refractivity (Wildman–Crippen MR) is 147 cm³/mol. The average Bonchev–Trinajstić information content (AvgIpc) is 3.30. The zero-order valence-electron chi connectivity index (χ0n) is 23.5. The smallest absolute Gasteiger partial charge is 0.323 e. The van der Waals surface area contributed by atoms with E-state index in [2.05, 4.69) is 25.1 Å². The summed E-state index contributed by atoms with van der Waals surface area (Å²) in [6, 6.07) is -0.848. The summed E-state index contributed by atoms with van der Waals surface area (Å²) < 4.78 is 32.6. The molecule has 0 bridgehead atoms. The maximum Gasteiger partial charge on any atom is 0.323 e. The molecule has 2 aromatic heterocycles. The molecule has 13 nitrogen and oxygen atoms in total. The van der Waals surface area contributed by atoms with E-state index in [0.717, 1.165) is 32.1 Å². The first kappa shape index (κ1) is 30.9. The molecule has 0 spiro atoms. The Hall–Kier alpha value is -2.60. The van der Waals surface area contributed by atoms with Gasteiger partial charge in [0.1, 0.15) is 30.3 Å². The molecule has 2 heterocycles. The number of rotatable bonds is 14. The zero-order valence-corrected chi connectivity index (χ0v) is 24.4. The van der Waals surface area contributed by atoms with Crippen molar-refractivity contribution in [2.45, 2.75) is 97.6 Å². The summed E-state index contributed by atoms with van der Waals surface area (Å²) >= 11 is 0. The van der Waals surface area contributed by atoms with E-state index in [9.17, 15) is 14.2 Å². The SMILES string of the molecule is CC(C)OC(=O)[C@@H](C)CN[P@](=O)(CO[C@H](C)Cn1cnc2c(N)ncnc21)N[C@@H](C)C(=O)OC1CCCCC1. The van der Waals surface area contributed by atoms with Gasteiger partial charge < -0.3 is 24.5 Å². The number of ether oxygens (including phenoxy) is 3. The van der Waals surface area contributed by atoms with Crippen LogP contribution < -0.4 is 15.9 Å². The molecule has 218 valence electrons. The van der Waals surface area contributed by atoms with Gasteiger partial charge in [-0.05, 0) is 53.4 Å². The highest BCUT2D eigenvalue weighted by Crippen LogP contribution is 2.38. The van der Waals surface area contributed by atoms with E-state index in [-0.39, 0.29) is 30.9 Å². The number of fused-ring (bicyclic) bond motifs is 1. The summed E-state index contributed by atoms with van der Waals surface area (Å²) in [6.45, 7) is 9.09. The van der Waals surface area contributed by atoms with Crippen molar-refractivity contribution in [3.8, 4) is 0 Å². The number of hydrogen-bond acceptors (Lipinski definition) is 10. The van der Waals surface area contributed by atoms with Crippen LogP contribution in [0.1, 0.15) is 66.7 Å². The summed E-state index contributed by atoms with van der Waals surface area (Å²) in [5.41, 5.74) is 6.92. The first-order chi connectivity index (χ1) is 18.5. The highest BCUT2D eigenvalue weighted by Gasteiger charge is 2.31. The number of nitrogens with zero attached hydrogens (tertiary/aromatic N) is 4. The highest BCUT2D eigenvalue weighted by molar-refractivity contribution is 7.59. The molecule has 1 fully saturated rings. The highest BCUT2D eigenvalue weighted by atomic mass is 31.2. The van der Waals surface area contributed by atoms with Crippen LogP contribution in [0.2, 0.25) is 0 Å². The monoisotopic (exact) mass is 567 g/mol. The van der Waals surface area contributed by atoms with Crippen LogP contribution >= 0.6 is 7.44 Å². The van der Waals surface area contributed by atoms with E-state index in [0.29, 0.717) is 17.7 Å². The van der Waals surface area contributed by atoms with E-state index in [1.54, 1.807) is 38.6 Å². The number of nitrogens with one attached hydrogen (secondary N) is 2. The number of esters is 2. The lowest BCUT2D eigenvalue weighted by Gasteiger charge is -2.28. The molecule has 0 radical (unpaired) electrons. The van der Waals surface area contributed by atoms with Gasteiger partial charge in [0.2, 0.25) is 7.44 Å². The molecule has 3 rings (SSSR count). The molecular formula is C25H42N7O6P. The number of hydrogen-bond donors (Lipinski definition) is 3. The Morgan fingerprint density at radius 3 is 2.51 bits per heavy atom. The maximum absolute atomic E-state index is 14.0. The Morgan fingerprint density at radius 1 is 1.10 bits per heavy atom. The van der Waals surface area contributed by atoms with Crippen molar-refractivity contribution in [1.29, 1.82) is 0 Å². The molecule has 4 N–H and O–H groups in total. The topological polar surface area (TPSA) is 173 Å². The normalized spacial score (nSPS) is 18.4. The fourth-order valence-corrected chi connectivity index (χ4v) is 6.28. The van der Waals surface area contributed by atoms with Gasteiger partial charge in [0.15, 0.2) is 11.5 Å². The van der Waals surface area contributed by atoms with Gasteiger partial charge in [-0.1, -0.05) is 13.3 Å². The van der Waals surface area contributed by atoms with Crippen molar-refractivity contribution >= 4 is 36.4 Å². The van der Waals surface area contributed by atoms with Crippen LogP contribution in [0.15, 0.2) is 12.7 Å². The van der Waals surface area contributed by atoms with Gasteiger partial charge in [0, 0.05) is 6.54 Å². The van der Waals surface area contributed by atoms with E-state index in [1.165, 1.54) is 6.33 Å². The van der Waals surface area contributed by atoms with E-state index in [4.69, 9.17) is 19.9 Å². The number of imidazole rings is 1. The molecule has 1 saturated carbocycles. The number of carbonyl (C=O) groups excluding carboxylic acids is 2. The van der Waals surface area contributed by atoms with Crippen LogP contribution in [0.4, 0.5) is 5.82 Å². The Labute approximate surface area is 229 Å². The largest absolute Gasteiger partial charge is 0.463 e. The first-order valence-electron chi connectivity index (χ1n) is 13.5. The molecule has 0 aliphatic heterocycles. The van der Waals surface area contributed by atoms with Crippen LogP contribution in [-0.4, -0.2) is 68.7 Å². The first-order valence-corrected chi connectivity index (χ1v) is 15.4. The Balaban J connectivity index is 1.64. The fourth-order valence-electron chi connectivity index (χ4n) is 4.25. The van der Waals surface area contributed by atoms with Crippen LogP contribution in [0.3, 0.4) is 0 Å². The van der Waals surface area contributed by atoms with Crippen molar-refractivity contribution < 1.29 is 28.4 Å². The second-order valence-corrected chi connectivity index (χ2v) is 12.8. The molecule has 2 aromatic rings. The van der Waals surface area contributed by atoms with Gasteiger partial charge in [-0.3, -0.25) is 19.2 Å². The van der Waals surface area contributed by atoms with Crippen molar-refractivity contribution in [3.63, 3.8) is 0 Å². The van der Waals surface area contributed by atoms with Gasteiger partial charge in [0.05, 0.1) is 31.0 Å². The summed E-state index contributed by atoms with van der Waals surface area (Å²) in [4.78, 5) is 37.5. The number of carbonyl (C=O) groups is 2. The molecule has 0 unspecified atom stereocenters. The molecule has 0 amide bonds. The minimum atomic E-state index is -3.51. The van der Waals surface area contributed by atoms with E-state index < -0.39 is 37.4 Å². The Kier molecular flexibility index (Phi) is 11.2. The van der Waals surface area contributed by atoms with E-state index >= 15 is 0 Å². The molecular weight excluding hydrogens is 525 g/mol. The van der Waals surface area contributed by atoms with Crippen LogP contribution in [0.25, 0.3) is 11.2 Å². The molecule has 14 heteroatoms. The van der Waals surface area contributed by atoms with Crippen LogP contribution in [-0.2, 0) is 34.9 Å². The lowest BCUT2D eigenvalue weighted by Crippen LogP contribution is -2.41. The van der Waals surface area contributed by atoms with Gasteiger partial charge in [-0.25, -0.2) is 20.0 Å². The molecule has 1 aliphatic rings. The second-order valence-electron chi connectivity index (χ2n) is 10.5. The Morgan fingerprint density at radius 2 is 1.82 bits per heavy atom. The number of aromatic nitrogens is 4. The molecule has 1 aliphatic carbocycles. The Bertz CT molecular complexity index is 1150. The van der Waals surface area contributed by atoms with Gasteiger partial charge in [-0.2, -0.15) is 0 Å². The third-order valence-electron chi connectivity index (χ3n) is 6.42. The minimum Gasteiger partial charge on any atom is -0.463 e. The van der Waals surface area contributed by atoms with Gasteiger partial charge in [0.25, 0.3) is 0 Å². The number of nitrogens with two attached hydrogens (primary N) is 1. The van der Waals surface area contributed by atoms with Gasteiger partial charge in [-0.15, -0.1) is 0 Å². The summed E-state index contributed by atoms with van der Waals surface area (Å²) in [7, 11) is -3.51.